The first-order valence-corrected chi connectivity index (χ1v) is 6.00. The molecule has 18 heavy (non-hydrogen) atoms. The summed E-state index contributed by atoms with van der Waals surface area (Å²) in [6, 6.07) is 19.0. The Labute approximate surface area is 106 Å². The molecule has 0 unspecified atom stereocenters. The van der Waals surface area contributed by atoms with Crippen molar-refractivity contribution >= 4 is 0 Å². The summed E-state index contributed by atoms with van der Waals surface area (Å²) in [6.07, 6.45) is 1.78. The van der Waals surface area contributed by atoms with Gasteiger partial charge in [0.05, 0.1) is 5.69 Å². The molecule has 0 fully saturated rings. The van der Waals surface area contributed by atoms with Gasteiger partial charge in [0.1, 0.15) is 0 Å². The van der Waals surface area contributed by atoms with Crippen molar-refractivity contribution in [2.75, 3.05) is 0 Å². The lowest BCUT2D eigenvalue weighted by atomic mass is 9.97. The second-order valence-corrected chi connectivity index (χ2v) is 4.38. The van der Waals surface area contributed by atoms with Gasteiger partial charge in [-0.3, -0.25) is 5.10 Å². The Hall–Kier alpha value is -2.35. The summed E-state index contributed by atoms with van der Waals surface area (Å²) >= 11 is 0. The van der Waals surface area contributed by atoms with Crippen LogP contribution >= 0.6 is 0 Å². The quantitative estimate of drug-likeness (QED) is 0.712. The van der Waals surface area contributed by atoms with Gasteiger partial charge < -0.3 is 0 Å². The fraction of sp³-hybridized carbons (Fsp3) is 0.0625. The molecule has 0 saturated heterocycles. The second kappa shape index (κ2) is 4.49. The number of H-pyrrole nitrogens is 1. The van der Waals surface area contributed by atoms with Crippen LogP contribution in [0.4, 0.5) is 0 Å². The van der Waals surface area contributed by atoms with Gasteiger partial charge in [-0.15, -0.1) is 0 Å². The number of aromatic nitrogens is 2. The molecule has 0 radical (unpaired) electrons. The van der Waals surface area contributed by atoms with Crippen molar-refractivity contribution in [1.82, 2.24) is 10.2 Å². The van der Waals surface area contributed by atoms with Crippen LogP contribution in [0.5, 0.6) is 0 Å². The Kier molecular flexibility index (Phi) is 2.69. The van der Waals surface area contributed by atoms with E-state index in [4.69, 9.17) is 0 Å². The summed E-state index contributed by atoms with van der Waals surface area (Å²) in [5.41, 5.74) is 5.95. The zero-order valence-electron chi connectivity index (χ0n) is 10.2. The highest BCUT2D eigenvalue weighted by atomic mass is 15.1. The summed E-state index contributed by atoms with van der Waals surface area (Å²) < 4.78 is 0. The van der Waals surface area contributed by atoms with E-state index in [9.17, 15) is 0 Å². The van der Waals surface area contributed by atoms with E-state index in [0.29, 0.717) is 0 Å². The molecule has 2 heteroatoms. The highest BCUT2D eigenvalue weighted by molar-refractivity contribution is 5.81. The van der Waals surface area contributed by atoms with Crippen molar-refractivity contribution in [2.24, 2.45) is 0 Å². The molecule has 0 spiro atoms. The van der Waals surface area contributed by atoms with E-state index >= 15 is 0 Å². The average Bonchev–Trinajstić information content (AvgIpc) is 2.93. The average molecular weight is 234 g/mol. The van der Waals surface area contributed by atoms with Crippen LogP contribution in [0.2, 0.25) is 0 Å². The smallest absolute Gasteiger partial charge is 0.0656 e. The second-order valence-electron chi connectivity index (χ2n) is 4.38. The normalized spacial score (nSPS) is 10.5. The summed E-state index contributed by atoms with van der Waals surface area (Å²) in [5, 5.41) is 7.05. The fourth-order valence-corrected chi connectivity index (χ4v) is 2.11. The minimum absolute atomic E-state index is 1.05. The van der Waals surface area contributed by atoms with Gasteiger partial charge in [-0.05, 0) is 24.1 Å². The SMILES string of the molecule is Cc1ccc(-c2ccccc2-c2ccn[nH]2)cc1. The lowest BCUT2D eigenvalue weighted by Gasteiger charge is -2.08. The highest BCUT2D eigenvalue weighted by Crippen LogP contribution is 2.30. The first kappa shape index (κ1) is 10.8. The summed E-state index contributed by atoms with van der Waals surface area (Å²) in [4.78, 5) is 0. The Morgan fingerprint density at radius 3 is 2.22 bits per heavy atom. The van der Waals surface area contributed by atoms with Crippen molar-refractivity contribution in [2.45, 2.75) is 6.92 Å². The molecule has 88 valence electrons. The standard InChI is InChI=1S/C16H14N2/c1-12-6-8-13(9-7-12)14-4-2-3-5-15(14)16-10-11-17-18-16/h2-11H,1H3,(H,17,18). The summed E-state index contributed by atoms with van der Waals surface area (Å²) in [6.45, 7) is 2.10. The van der Waals surface area contributed by atoms with E-state index in [1.165, 1.54) is 22.3 Å². The van der Waals surface area contributed by atoms with Crippen molar-refractivity contribution in [3.8, 4) is 22.4 Å². The third-order valence-electron chi connectivity index (χ3n) is 3.08. The predicted molar refractivity (Wildman–Crippen MR) is 74.2 cm³/mol. The number of aryl methyl sites for hydroxylation is 1. The molecule has 0 aliphatic rings. The maximum absolute atomic E-state index is 4.02. The molecule has 0 amide bonds. The number of rotatable bonds is 2. The van der Waals surface area contributed by atoms with Crippen LogP contribution in [-0.2, 0) is 0 Å². The Bertz CT molecular complexity index is 637. The zero-order valence-corrected chi connectivity index (χ0v) is 10.2. The third kappa shape index (κ3) is 1.93. The minimum atomic E-state index is 1.05. The van der Waals surface area contributed by atoms with Gasteiger partial charge in [-0.1, -0.05) is 54.1 Å². The van der Waals surface area contributed by atoms with Crippen LogP contribution in [0.1, 0.15) is 5.56 Å². The topological polar surface area (TPSA) is 28.7 Å². The van der Waals surface area contributed by atoms with Crippen LogP contribution in [-0.4, -0.2) is 10.2 Å². The lowest BCUT2D eigenvalue weighted by molar-refractivity contribution is 1.10. The van der Waals surface area contributed by atoms with E-state index in [1.807, 2.05) is 12.1 Å². The third-order valence-corrected chi connectivity index (χ3v) is 3.08. The van der Waals surface area contributed by atoms with E-state index < -0.39 is 0 Å². The monoisotopic (exact) mass is 234 g/mol. The molecule has 0 saturated carbocycles. The number of nitrogens with zero attached hydrogens (tertiary/aromatic N) is 1. The molecule has 0 bridgehead atoms. The maximum Gasteiger partial charge on any atom is 0.0656 e. The lowest BCUT2D eigenvalue weighted by Crippen LogP contribution is -1.85. The van der Waals surface area contributed by atoms with E-state index in [2.05, 4.69) is 59.6 Å². The molecule has 1 N–H and O–H groups in total. The first-order valence-electron chi connectivity index (χ1n) is 6.00. The molecule has 1 heterocycles. The largest absolute Gasteiger partial charge is 0.278 e. The molecule has 0 aliphatic heterocycles. The molecular formula is C16H14N2. The van der Waals surface area contributed by atoms with E-state index in [-0.39, 0.29) is 0 Å². The van der Waals surface area contributed by atoms with Crippen molar-refractivity contribution in [3.05, 3.63) is 66.4 Å². The number of aromatic amines is 1. The maximum atomic E-state index is 4.02. The van der Waals surface area contributed by atoms with Crippen LogP contribution < -0.4 is 0 Å². The van der Waals surface area contributed by atoms with Crippen molar-refractivity contribution < 1.29 is 0 Å². The van der Waals surface area contributed by atoms with Gasteiger partial charge in [-0.25, -0.2) is 0 Å². The highest BCUT2D eigenvalue weighted by Gasteiger charge is 2.07. The van der Waals surface area contributed by atoms with Gasteiger partial charge in [0.15, 0.2) is 0 Å². The number of nitrogens with one attached hydrogen (secondary N) is 1. The van der Waals surface area contributed by atoms with Crippen LogP contribution in [0.15, 0.2) is 60.8 Å². The summed E-state index contributed by atoms with van der Waals surface area (Å²) in [7, 11) is 0. The van der Waals surface area contributed by atoms with E-state index in [1.54, 1.807) is 6.20 Å². The Morgan fingerprint density at radius 2 is 1.56 bits per heavy atom. The molecule has 0 atom stereocenters. The Balaban J connectivity index is 2.15. The van der Waals surface area contributed by atoms with Gasteiger partial charge in [0.2, 0.25) is 0 Å². The molecule has 2 nitrogen and oxygen atoms in total. The first-order chi connectivity index (χ1) is 8.84. The van der Waals surface area contributed by atoms with Crippen LogP contribution in [0, 0.1) is 6.92 Å². The number of hydrogen-bond donors (Lipinski definition) is 1. The molecular weight excluding hydrogens is 220 g/mol. The number of hydrogen-bond acceptors (Lipinski definition) is 1. The van der Waals surface area contributed by atoms with Gasteiger partial charge >= 0.3 is 0 Å². The zero-order chi connectivity index (χ0) is 12.4. The van der Waals surface area contributed by atoms with Crippen molar-refractivity contribution in [3.63, 3.8) is 0 Å². The fourth-order valence-electron chi connectivity index (χ4n) is 2.11. The van der Waals surface area contributed by atoms with Gasteiger partial charge in [-0.2, -0.15) is 5.10 Å². The molecule has 0 aliphatic carbocycles. The molecule has 1 aromatic heterocycles. The minimum Gasteiger partial charge on any atom is -0.278 e. The molecule has 2 aromatic carbocycles. The Morgan fingerprint density at radius 1 is 0.833 bits per heavy atom. The van der Waals surface area contributed by atoms with Crippen LogP contribution in [0.25, 0.3) is 22.4 Å². The van der Waals surface area contributed by atoms with Gasteiger partial charge in [0, 0.05) is 11.8 Å². The molecule has 3 rings (SSSR count). The summed E-state index contributed by atoms with van der Waals surface area (Å²) in [5.74, 6) is 0. The van der Waals surface area contributed by atoms with Crippen molar-refractivity contribution in [1.29, 1.82) is 0 Å². The van der Waals surface area contributed by atoms with E-state index in [0.717, 1.165) is 5.69 Å². The number of benzene rings is 2. The van der Waals surface area contributed by atoms with Crippen LogP contribution in [0.3, 0.4) is 0 Å². The predicted octanol–water partition coefficient (Wildman–Crippen LogP) is 4.05. The molecule has 3 aromatic rings. The van der Waals surface area contributed by atoms with Gasteiger partial charge in [0.25, 0.3) is 0 Å².